The predicted octanol–water partition coefficient (Wildman–Crippen LogP) is 1.32. The summed E-state index contributed by atoms with van der Waals surface area (Å²) < 4.78 is 27.1. The first-order valence-electron chi connectivity index (χ1n) is 6.47. The summed E-state index contributed by atoms with van der Waals surface area (Å²) >= 11 is 0. The van der Waals surface area contributed by atoms with E-state index in [1.807, 2.05) is 13.8 Å². The summed E-state index contributed by atoms with van der Waals surface area (Å²) in [6.45, 7) is 3.97. The van der Waals surface area contributed by atoms with E-state index in [0.29, 0.717) is 5.82 Å². The van der Waals surface area contributed by atoms with Gasteiger partial charge >= 0.3 is 0 Å². The van der Waals surface area contributed by atoms with Gasteiger partial charge in [-0.15, -0.1) is 0 Å². The molecule has 0 radical (unpaired) electrons. The number of hydrogen-bond donors (Lipinski definition) is 2. The fraction of sp³-hybridized carbons (Fsp3) is 0.583. The van der Waals surface area contributed by atoms with Crippen molar-refractivity contribution in [3.05, 3.63) is 18.3 Å². The number of pyridine rings is 1. The molecule has 1 aliphatic rings. The van der Waals surface area contributed by atoms with Crippen molar-refractivity contribution in [3.63, 3.8) is 0 Å². The fourth-order valence-electron chi connectivity index (χ4n) is 2.64. The van der Waals surface area contributed by atoms with Crippen LogP contribution in [0.2, 0.25) is 0 Å². The number of aromatic nitrogens is 1. The Bertz CT molecular complexity index is 546. The first-order valence-corrected chi connectivity index (χ1v) is 7.91. The van der Waals surface area contributed by atoms with Crippen LogP contribution >= 0.6 is 0 Å². The quantitative estimate of drug-likeness (QED) is 0.643. The van der Waals surface area contributed by atoms with E-state index in [9.17, 15) is 8.42 Å². The van der Waals surface area contributed by atoms with Crippen LogP contribution in [0.1, 0.15) is 33.1 Å². The molecule has 1 aromatic heterocycles. The Labute approximate surface area is 114 Å². The lowest BCUT2D eigenvalue weighted by Crippen LogP contribution is -2.39. The molecule has 106 valence electrons. The summed E-state index contributed by atoms with van der Waals surface area (Å²) in [5.74, 6) is 5.62. The highest BCUT2D eigenvalue weighted by molar-refractivity contribution is 7.89. The first kappa shape index (κ1) is 14.2. The molecule has 2 rings (SSSR count). The van der Waals surface area contributed by atoms with E-state index < -0.39 is 10.0 Å². The zero-order valence-electron chi connectivity index (χ0n) is 11.2. The Balaban J connectivity index is 2.40. The Morgan fingerprint density at radius 1 is 1.53 bits per heavy atom. The molecule has 3 N–H and O–H groups in total. The van der Waals surface area contributed by atoms with Crippen molar-refractivity contribution in [1.29, 1.82) is 0 Å². The molecule has 1 fully saturated rings. The lowest BCUT2D eigenvalue weighted by Gasteiger charge is -2.27. The molecule has 0 bridgehead atoms. The fourth-order valence-corrected chi connectivity index (χ4v) is 4.60. The largest absolute Gasteiger partial charge is 0.308 e. The van der Waals surface area contributed by atoms with Crippen LogP contribution < -0.4 is 11.3 Å². The summed E-state index contributed by atoms with van der Waals surface area (Å²) in [7, 11) is -3.48. The maximum atomic E-state index is 12.7. The molecule has 1 aliphatic heterocycles. The van der Waals surface area contributed by atoms with Crippen LogP contribution in [-0.2, 0) is 10.0 Å². The maximum absolute atomic E-state index is 12.7. The number of nitrogens with two attached hydrogens (primary N) is 1. The van der Waals surface area contributed by atoms with Crippen LogP contribution in [0.3, 0.4) is 0 Å². The second kappa shape index (κ2) is 5.44. The average Bonchev–Trinajstić information content (AvgIpc) is 2.80. The number of hydrogen-bond acceptors (Lipinski definition) is 5. The number of sulfonamides is 1. The van der Waals surface area contributed by atoms with Crippen LogP contribution in [-0.4, -0.2) is 29.8 Å². The third-order valence-corrected chi connectivity index (χ3v) is 5.70. The Hall–Kier alpha value is -1.18. The van der Waals surface area contributed by atoms with Gasteiger partial charge in [-0.1, -0.05) is 6.92 Å². The first-order chi connectivity index (χ1) is 9.00. The Morgan fingerprint density at radius 2 is 2.26 bits per heavy atom. The van der Waals surface area contributed by atoms with Crippen LogP contribution in [0.4, 0.5) is 5.82 Å². The van der Waals surface area contributed by atoms with Crippen molar-refractivity contribution >= 4 is 15.8 Å². The molecule has 2 atom stereocenters. The number of anilines is 1. The average molecular weight is 284 g/mol. The molecule has 1 aromatic rings. The summed E-state index contributed by atoms with van der Waals surface area (Å²) in [5, 5.41) is 0. The molecule has 7 heteroatoms. The molecule has 0 aromatic carbocycles. The van der Waals surface area contributed by atoms with E-state index in [2.05, 4.69) is 10.4 Å². The van der Waals surface area contributed by atoms with Gasteiger partial charge in [0.05, 0.1) is 4.90 Å². The highest BCUT2D eigenvalue weighted by atomic mass is 32.2. The standard InChI is InChI=1S/C12H20N4O2S/c1-3-10-5-4-9(2)16(10)19(17,18)11-6-7-14-12(8-11)15-13/h6-10H,3-5,13H2,1-2H3,(H,14,15). The molecule has 19 heavy (non-hydrogen) atoms. The van der Waals surface area contributed by atoms with Crippen LogP contribution in [0, 0.1) is 0 Å². The second-order valence-electron chi connectivity index (χ2n) is 4.84. The molecule has 0 aliphatic carbocycles. The van der Waals surface area contributed by atoms with Crippen molar-refractivity contribution in [2.45, 2.75) is 50.1 Å². The highest BCUT2D eigenvalue weighted by Crippen LogP contribution is 2.32. The third-order valence-electron chi connectivity index (χ3n) is 3.64. The summed E-state index contributed by atoms with van der Waals surface area (Å²) in [6.07, 6.45) is 4.11. The minimum absolute atomic E-state index is 0.0393. The van der Waals surface area contributed by atoms with Gasteiger partial charge in [0.1, 0.15) is 5.82 Å². The molecule has 0 saturated carbocycles. The summed E-state index contributed by atoms with van der Waals surface area (Å²) in [4.78, 5) is 4.18. The minimum atomic E-state index is -3.48. The monoisotopic (exact) mass is 284 g/mol. The van der Waals surface area contributed by atoms with Gasteiger partial charge in [-0.05, 0) is 32.3 Å². The predicted molar refractivity (Wildman–Crippen MR) is 73.8 cm³/mol. The third kappa shape index (κ3) is 2.58. The number of nitrogens with one attached hydrogen (secondary N) is 1. The SMILES string of the molecule is CCC1CCC(C)N1S(=O)(=O)c1ccnc(NN)c1. The summed E-state index contributed by atoms with van der Waals surface area (Å²) in [5.41, 5.74) is 2.37. The summed E-state index contributed by atoms with van der Waals surface area (Å²) in [6, 6.07) is 3.10. The van der Waals surface area contributed by atoms with Gasteiger partial charge in [0, 0.05) is 24.3 Å². The molecular formula is C12H20N4O2S. The van der Waals surface area contributed by atoms with Gasteiger partial charge < -0.3 is 5.43 Å². The van der Waals surface area contributed by atoms with Crippen molar-refractivity contribution in [2.75, 3.05) is 5.43 Å². The molecule has 1 saturated heterocycles. The Morgan fingerprint density at radius 3 is 2.89 bits per heavy atom. The van der Waals surface area contributed by atoms with Crippen molar-refractivity contribution in [3.8, 4) is 0 Å². The minimum Gasteiger partial charge on any atom is -0.308 e. The molecule has 2 heterocycles. The molecular weight excluding hydrogens is 264 g/mol. The van der Waals surface area contributed by atoms with E-state index in [0.717, 1.165) is 19.3 Å². The van der Waals surface area contributed by atoms with Crippen molar-refractivity contribution in [2.24, 2.45) is 5.84 Å². The van der Waals surface area contributed by atoms with Crippen LogP contribution in [0.25, 0.3) is 0 Å². The van der Waals surface area contributed by atoms with Crippen molar-refractivity contribution in [1.82, 2.24) is 9.29 Å². The normalized spacial score (nSPS) is 24.6. The molecule has 0 spiro atoms. The van der Waals surface area contributed by atoms with E-state index in [1.165, 1.54) is 18.3 Å². The van der Waals surface area contributed by atoms with Crippen molar-refractivity contribution < 1.29 is 8.42 Å². The van der Waals surface area contributed by atoms with E-state index in [4.69, 9.17) is 5.84 Å². The molecule has 2 unspecified atom stereocenters. The number of rotatable bonds is 4. The van der Waals surface area contributed by atoms with Gasteiger partial charge in [-0.2, -0.15) is 4.31 Å². The van der Waals surface area contributed by atoms with Gasteiger partial charge in [0.25, 0.3) is 0 Å². The number of nitrogens with zero attached hydrogens (tertiary/aromatic N) is 2. The van der Waals surface area contributed by atoms with E-state index in [-0.39, 0.29) is 17.0 Å². The topological polar surface area (TPSA) is 88.3 Å². The lowest BCUT2D eigenvalue weighted by molar-refractivity contribution is 0.328. The van der Waals surface area contributed by atoms with Crippen LogP contribution in [0.15, 0.2) is 23.2 Å². The number of hydrazine groups is 1. The van der Waals surface area contributed by atoms with E-state index in [1.54, 1.807) is 4.31 Å². The lowest BCUT2D eigenvalue weighted by atomic mass is 10.2. The zero-order valence-corrected chi connectivity index (χ0v) is 12.0. The maximum Gasteiger partial charge on any atom is 0.243 e. The molecule has 0 amide bonds. The van der Waals surface area contributed by atoms with Crippen LogP contribution in [0.5, 0.6) is 0 Å². The van der Waals surface area contributed by atoms with Gasteiger partial charge in [0.15, 0.2) is 0 Å². The smallest absolute Gasteiger partial charge is 0.243 e. The Kier molecular flexibility index (Phi) is 4.07. The van der Waals surface area contributed by atoms with Gasteiger partial charge in [-0.25, -0.2) is 19.2 Å². The number of nitrogen functional groups attached to an aromatic ring is 1. The highest BCUT2D eigenvalue weighted by Gasteiger charge is 2.39. The second-order valence-corrected chi connectivity index (χ2v) is 6.69. The van der Waals surface area contributed by atoms with E-state index >= 15 is 0 Å². The van der Waals surface area contributed by atoms with Gasteiger partial charge in [0.2, 0.25) is 10.0 Å². The van der Waals surface area contributed by atoms with Gasteiger partial charge in [-0.3, -0.25) is 0 Å². The molecule has 6 nitrogen and oxygen atoms in total. The zero-order chi connectivity index (χ0) is 14.0.